The Morgan fingerprint density at radius 1 is 1.40 bits per heavy atom. The van der Waals surface area contributed by atoms with Crippen molar-refractivity contribution in [1.29, 1.82) is 0 Å². The van der Waals surface area contributed by atoms with Gasteiger partial charge in [-0.25, -0.2) is 9.78 Å². The molecule has 2 aromatic heterocycles. The Hall–Kier alpha value is -2.05. The molecule has 0 bridgehead atoms. The van der Waals surface area contributed by atoms with Crippen molar-refractivity contribution < 1.29 is 4.84 Å². The number of fused-ring (bicyclic) bond motifs is 1. The van der Waals surface area contributed by atoms with Crippen LogP contribution in [-0.2, 0) is 7.05 Å². The molecule has 0 fully saturated rings. The minimum atomic E-state index is -0.554. The van der Waals surface area contributed by atoms with Gasteiger partial charge in [-0.2, -0.15) is 0 Å². The van der Waals surface area contributed by atoms with Gasteiger partial charge in [-0.1, -0.05) is 4.73 Å². The monoisotopic (exact) mass is 210 g/mol. The van der Waals surface area contributed by atoms with Gasteiger partial charge in [0, 0.05) is 7.05 Å². The van der Waals surface area contributed by atoms with E-state index in [-0.39, 0.29) is 5.52 Å². The quantitative estimate of drug-likeness (QED) is 0.640. The van der Waals surface area contributed by atoms with E-state index in [1.165, 1.54) is 18.7 Å². The predicted octanol–water partition coefficient (Wildman–Crippen LogP) is -1.21. The largest absolute Gasteiger partial charge is 0.409 e. The highest BCUT2D eigenvalue weighted by Gasteiger charge is 2.13. The molecule has 0 amide bonds. The third kappa shape index (κ3) is 1.16. The lowest BCUT2D eigenvalue weighted by Crippen LogP contribution is -2.42. The van der Waals surface area contributed by atoms with Crippen molar-refractivity contribution >= 4 is 11.2 Å². The van der Waals surface area contributed by atoms with Crippen LogP contribution in [0, 0.1) is 6.92 Å². The van der Waals surface area contributed by atoms with Crippen molar-refractivity contribution in [3.8, 4) is 0 Å². The van der Waals surface area contributed by atoms with E-state index in [1.807, 2.05) is 0 Å². The van der Waals surface area contributed by atoms with Gasteiger partial charge in [0.1, 0.15) is 12.9 Å². The second-order valence-corrected chi connectivity index (χ2v) is 3.14. The van der Waals surface area contributed by atoms with Crippen LogP contribution in [0.5, 0.6) is 0 Å². The first-order valence-electron chi connectivity index (χ1n) is 4.29. The number of rotatable bonds is 1. The number of H-pyrrole nitrogens is 1. The highest BCUT2D eigenvalue weighted by molar-refractivity contribution is 5.69. The normalized spacial score (nSPS) is 10.9. The van der Waals surface area contributed by atoms with Crippen LogP contribution in [0.3, 0.4) is 0 Å². The summed E-state index contributed by atoms with van der Waals surface area (Å²) in [6, 6.07) is 0. The smallest absolute Gasteiger partial charge is 0.366 e. The lowest BCUT2D eigenvalue weighted by atomic mass is 10.5. The minimum absolute atomic E-state index is 0.261. The molecule has 0 aromatic carbocycles. The topological polar surface area (TPSA) is 81.9 Å². The first kappa shape index (κ1) is 9.50. The molecular weight excluding hydrogens is 200 g/mol. The summed E-state index contributed by atoms with van der Waals surface area (Å²) < 4.78 is 1.93. The zero-order valence-electron chi connectivity index (χ0n) is 8.57. The molecule has 0 aliphatic rings. The Morgan fingerprint density at radius 3 is 2.67 bits per heavy atom. The molecule has 0 aliphatic heterocycles. The van der Waals surface area contributed by atoms with Crippen molar-refractivity contribution in [2.24, 2.45) is 7.05 Å². The van der Waals surface area contributed by atoms with Crippen molar-refractivity contribution in [1.82, 2.24) is 19.3 Å². The number of imidazole rings is 1. The molecule has 0 spiro atoms. The molecule has 0 saturated carbocycles. The molecule has 7 heteroatoms. The van der Waals surface area contributed by atoms with E-state index < -0.39 is 11.2 Å². The standard InChI is InChI=1S/C8H10N4O3/c1-4-9-5-6(10-4)11(2)8(14)12(15-3)7(5)13/h1-3H3,(H,9,10). The lowest BCUT2D eigenvalue weighted by molar-refractivity contribution is 0.142. The summed E-state index contributed by atoms with van der Waals surface area (Å²) in [5, 5.41) is 0. The highest BCUT2D eigenvalue weighted by atomic mass is 16.7. The number of aromatic amines is 1. The van der Waals surface area contributed by atoms with Gasteiger partial charge in [0.2, 0.25) is 0 Å². The SMILES string of the molecule is COn1c(=O)c2[nH]c(C)nc2n(C)c1=O. The number of hydrogen-bond donors (Lipinski definition) is 1. The van der Waals surface area contributed by atoms with Gasteiger partial charge in [0.25, 0.3) is 0 Å². The number of nitrogens with zero attached hydrogens (tertiary/aromatic N) is 3. The zero-order valence-corrected chi connectivity index (χ0v) is 8.57. The van der Waals surface area contributed by atoms with Crippen LogP contribution >= 0.6 is 0 Å². The molecule has 2 rings (SSSR count). The second-order valence-electron chi connectivity index (χ2n) is 3.14. The van der Waals surface area contributed by atoms with Crippen molar-refractivity contribution in [2.75, 3.05) is 7.11 Å². The molecule has 2 heterocycles. The Labute approximate surface area is 83.9 Å². The molecule has 1 N–H and O–H groups in total. The number of hydrogen-bond acceptors (Lipinski definition) is 4. The Balaban J connectivity index is 3.09. The van der Waals surface area contributed by atoms with E-state index in [0.29, 0.717) is 16.2 Å². The molecule has 2 aromatic rings. The maximum atomic E-state index is 11.7. The van der Waals surface area contributed by atoms with Crippen LogP contribution in [0.15, 0.2) is 9.59 Å². The highest BCUT2D eigenvalue weighted by Crippen LogP contribution is 2.02. The van der Waals surface area contributed by atoms with E-state index in [4.69, 9.17) is 4.84 Å². The molecule has 0 radical (unpaired) electrons. The number of aromatic nitrogens is 4. The molecular formula is C8H10N4O3. The van der Waals surface area contributed by atoms with Gasteiger partial charge >= 0.3 is 11.2 Å². The van der Waals surface area contributed by atoms with E-state index in [2.05, 4.69) is 9.97 Å². The summed E-state index contributed by atoms with van der Waals surface area (Å²) >= 11 is 0. The lowest BCUT2D eigenvalue weighted by Gasteiger charge is -2.04. The average Bonchev–Trinajstić information content (AvgIpc) is 2.58. The van der Waals surface area contributed by atoms with Crippen molar-refractivity contribution in [3.05, 3.63) is 26.7 Å². The molecule has 0 atom stereocenters. The fraction of sp³-hybridized carbons (Fsp3) is 0.375. The Kier molecular flexibility index (Phi) is 1.88. The summed E-state index contributed by atoms with van der Waals surface area (Å²) in [6.45, 7) is 1.71. The predicted molar refractivity (Wildman–Crippen MR) is 52.8 cm³/mol. The van der Waals surface area contributed by atoms with Crippen molar-refractivity contribution in [3.63, 3.8) is 0 Å². The molecule has 7 nitrogen and oxygen atoms in total. The summed E-state index contributed by atoms with van der Waals surface area (Å²) in [5.41, 5.74) is -0.495. The van der Waals surface area contributed by atoms with Gasteiger partial charge in [-0.05, 0) is 6.92 Å². The first-order chi connectivity index (χ1) is 7.06. The van der Waals surface area contributed by atoms with Crippen LogP contribution in [0.25, 0.3) is 11.2 Å². The van der Waals surface area contributed by atoms with Gasteiger partial charge < -0.3 is 9.82 Å². The third-order valence-electron chi connectivity index (χ3n) is 2.16. The van der Waals surface area contributed by atoms with Crippen LogP contribution in [0.2, 0.25) is 0 Å². The Bertz CT molecular complexity index is 634. The van der Waals surface area contributed by atoms with E-state index in [1.54, 1.807) is 6.92 Å². The van der Waals surface area contributed by atoms with Crippen LogP contribution < -0.4 is 16.1 Å². The van der Waals surface area contributed by atoms with Crippen LogP contribution in [0.4, 0.5) is 0 Å². The zero-order chi connectivity index (χ0) is 11.2. The summed E-state index contributed by atoms with van der Waals surface area (Å²) in [6.07, 6.45) is 0. The summed E-state index contributed by atoms with van der Waals surface area (Å²) in [7, 11) is 2.79. The second kappa shape index (κ2) is 2.97. The van der Waals surface area contributed by atoms with E-state index in [0.717, 1.165) is 0 Å². The fourth-order valence-electron chi connectivity index (χ4n) is 1.45. The molecule has 0 aliphatic carbocycles. The Morgan fingerprint density at radius 2 is 2.07 bits per heavy atom. The fourth-order valence-corrected chi connectivity index (χ4v) is 1.45. The summed E-state index contributed by atoms with van der Waals surface area (Å²) in [4.78, 5) is 34.8. The summed E-state index contributed by atoms with van der Waals surface area (Å²) in [5.74, 6) is 0.575. The molecule has 80 valence electrons. The van der Waals surface area contributed by atoms with E-state index >= 15 is 0 Å². The third-order valence-corrected chi connectivity index (χ3v) is 2.16. The van der Waals surface area contributed by atoms with E-state index in [9.17, 15) is 9.59 Å². The van der Waals surface area contributed by atoms with Crippen LogP contribution in [0.1, 0.15) is 5.82 Å². The van der Waals surface area contributed by atoms with Gasteiger partial charge in [-0.15, -0.1) is 0 Å². The first-order valence-corrected chi connectivity index (χ1v) is 4.29. The minimum Gasteiger partial charge on any atom is -0.409 e. The maximum Gasteiger partial charge on any atom is 0.366 e. The number of nitrogens with one attached hydrogen (secondary N) is 1. The molecule has 0 saturated heterocycles. The maximum absolute atomic E-state index is 11.7. The number of aryl methyl sites for hydroxylation is 2. The molecule has 15 heavy (non-hydrogen) atoms. The average molecular weight is 210 g/mol. The van der Waals surface area contributed by atoms with Gasteiger partial charge in [0.15, 0.2) is 11.2 Å². The van der Waals surface area contributed by atoms with Gasteiger partial charge in [-0.3, -0.25) is 9.36 Å². The van der Waals surface area contributed by atoms with Gasteiger partial charge in [0.05, 0.1) is 0 Å². The molecule has 0 unspecified atom stereocenters. The van der Waals surface area contributed by atoms with Crippen LogP contribution in [-0.4, -0.2) is 26.4 Å². The van der Waals surface area contributed by atoms with Crippen molar-refractivity contribution in [2.45, 2.75) is 6.92 Å².